The van der Waals surface area contributed by atoms with Gasteiger partial charge in [0.05, 0.1) is 17.6 Å². The zero-order chi connectivity index (χ0) is 21.4. The van der Waals surface area contributed by atoms with Crippen molar-refractivity contribution in [3.8, 4) is 28.6 Å². The van der Waals surface area contributed by atoms with Crippen LogP contribution in [0, 0.1) is 21.7 Å². The fraction of sp³-hybridized carbons (Fsp3) is 0.100. The Morgan fingerprint density at radius 2 is 1.90 bits per heavy atom. The van der Waals surface area contributed by atoms with Crippen molar-refractivity contribution < 1.29 is 23.2 Å². The van der Waals surface area contributed by atoms with E-state index in [1.165, 1.54) is 19.4 Å². The van der Waals surface area contributed by atoms with Gasteiger partial charge in [-0.25, -0.2) is 18.7 Å². The molecule has 0 saturated heterocycles. The number of hydrogen-bond donors (Lipinski definition) is 0. The first-order chi connectivity index (χ1) is 14.4. The molecule has 4 rings (SSSR count). The summed E-state index contributed by atoms with van der Waals surface area (Å²) in [4.78, 5) is 18.9. The van der Waals surface area contributed by atoms with Crippen LogP contribution >= 0.6 is 0 Å². The molecule has 0 spiro atoms. The average Bonchev–Trinajstić information content (AvgIpc) is 3.07. The molecule has 4 aromatic rings. The first kappa shape index (κ1) is 19.2. The summed E-state index contributed by atoms with van der Waals surface area (Å²) in [6, 6.07) is 5.83. The van der Waals surface area contributed by atoms with Crippen LogP contribution in [-0.4, -0.2) is 26.6 Å². The molecular weight excluding hydrogens is 398 g/mol. The summed E-state index contributed by atoms with van der Waals surface area (Å²) >= 11 is 0. The number of methoxy groups -OCH3 is 1. The van der Waals surface area contributed by atoms with Crippen molar-refractivity contribution in [2.24, 2.45) is 7.05 Å². The van der Waals surface area contributed by atoms with Crippen LogP contribution in [0.25, 0.3) is 22.0 Å². The molecule has 152 valence electrons. The summed E-state index contributed by atoms with van der Waals surface area (Å²) in [6.07, 6.45) is 4.26. The minimum atomic E-state index is -0.926. The van der Waals surface area contributed by atoms with Gasteiger partial charge < -0.3 is 14.0 Å². The number of nitro groups is 1. The SMILES string of the molecule is COc1nccc2c(-c3cc([N+](=O)[O-])cnc3Oc3ccc(F)cc3F)cn(C)c12. The standard InChI is InChI=1S/C20H14F2N4O4/c1-25-10-15(13-5-6-23-20(29-2)18(13)25)14-8-12(26(27)28)9-24-19(14)30-17-4-3-11(21)7-16(17)22/h3-10H,1-2H3. The lowest BCUT2D eigenvalue weighted by Gasteiger charge is -2.10. The molecule has 0 unspecified atom stereocenters. The van der Waals surface area contributed by atoms with E-state index in [0.717, 1.165) is 18.3 Å². The number of halogens is 2. The number of hydrogen-bond acceptors (Lipinski definition) is 6. The van der Waals surface area contributed by atoms with E-state index in [1.807, 2.05) is 0 Å². The fourth-order valence-corrected chi connectivity index (χ4v) is 3.16. The zero-order valence-electron chi connectivity index (χ0n) is 15.8. The lowest BCUT2D eigenvalue weighted by atomic mass is 10.1. The van der Waals surface area contributed by atoms with Gasteiger partial charge in [0.1, 0.15) is 17.5 Å². The minimum absolute atomic E-state index is 0.0746. The van der Waals surface area contributed by atoms with Gasteiger partial charge in [0.25, 0.3) is 5.69 Å². The highest BCUT2D eigenvalue weighted by Crippen LogP contribution is 2.40. The number of aromatic nitrogens is 3. The molecule has 0 aliphatic carbocycles. The molecular formula is C20H14F2N4O4. The Morgan fingerprint density at radius 3 is 2.60 bits per heavy atom. The van der Waals surface area contributed by atoms with Crippen molar-refractivity contribution in [2.75, 3.05) is 7.11 Å². The maximum absolute atomic E-state index is 14.1. The second kappa shape index (κ2) is 7.39. The van der Waals surface area contributed by atoms with Crippen LogP contribution in [0.3, 0.4) is 0 Å². The highest BCUT2D eigenvalue weighted by atomic mass is 19.1. The van der Waals surface area contributed by atoms with Crippen molar-refractivity contribution >= 4 is 16.6 Å². The van der Waals surface area contributed by atoms with Crippen molar-refractivity contribution in [3.63, 3.8) is 0 Å². The third-order valence-corrected chi connectivity index (χ3v) is 4.49. The molecule has 0 aliphatic heterocycles. The molecule has 0 saturated carbocycles. The van der Waals surface area contributed by atoms with Gasteiger partial charge in [0, 0.05) is 42.5 Å². The predicted octanol–water partition coefficient (Wildman–Crippen LogP) is 4.62. The van der Waals surface area contributed by atoms with Gasteiger partial charge in [-0.3, -0.25) is 10.1 Å². The summed E-state index contributed by atoms with van der Waals surface area (Å²) < 4.78 is 39.9. The van der Waals surface area contributed by atoms with Gasteiger partial charge in [0.15, 0.2) is 11.6 Å². The van der Waals surface area contributed by atoms with E-state index in [-0.39, 0.29) is 22.9 Å². The molecule has 3 aromatic heterocycles. The van der Waals surface area contributed by atoms with Crippen LogP contribution in [0.2, 0.25) is 0 Å². The van der Waals surface area contributed by atoms with Crippen LogP contribution in [-0.2, 0) is 7.05 Å². The summed E-state index contributed by atoms with van der Waals surface area (Å²) in [5.41, 5.74) is 1.18. The van der Waals surface area contributed by atoms with Gasteiger partial charge in [-0.2, -0.15) is 0 Å². The Balaban J connectivity index is 1.93. The van der Waals surface area contributed by atoms with Crippen molar-refractivity contribution in [3.05, 3.63) is 70.7 Å². The van der Waals surface area contributed by atoms with Crippen LogP contribution in [0.1, 0.15) is 0 Å². The minimum Gasteiger partial charge on any atom is -0.479 e. The quantitative estimate of drug-likeness (QED) is 0.351. The maximum atomic E-state index is 14.1. The Kier molecular flexibility index (Phi) is 4.74. The number of aryl methyl sites for hydroxylation is 1. The largest absolute Gasteiger partial charge is 0.479 e. The fourth-order valence-electron chi connectivity index (χ4n) is 3.16. The van der Waals surface area contributed by atoms with Gasteiger partial charge in [0.2, 0.25) is 11.8 Å². The second-order valence-electron chi connectivity index (χ2n) is 6.35. The Hall–Kier alpha value is -4.08. The molecule has 30 heavy (non-hydrogen) atoms. The van der Waals surface area contributed by atoms with Crippen LogP contribution in [0.15, 0.2) is 48.9 Å². The number of nitrogens with zero attached hydrogens (tertiary/aromatic N) is 4. The first-order valence-corrected chi connectivity index (χ1v) is 8.64. The predicted molar refractivity (Wildman–Crippen MR) is 104 cm³/mol. The molecule has 0 fully saturated rings. The van der Waals surface area contributed by atoms with Crippen molar-refractivity contribution in [1.82, 2.24) is 14.5 Å². The second-order valence-corrected chi connectivity index (χ2v) is 6.35. The number of pyridine rings is 2. The first-order valence-electron chi connectivity index (χ1n) is 8.64. The Morgan fingerprint density at radius 1 is 1.10 bits per heavy atom. The number of rotatable bonds is 5. The van der Waals surface area contributed by atoms with Crippen molar-refractivity contribution in [1.29, 1.82) is 0 Å². The molecule has 8 nitrogen and oxygen atoms in total. The van der Waals surface area contributed by atoms with E-state index < -0.39 is 16.6 Å². The van der Waals surface area contributed by atoms with Gasteiger partial charge in [-0.05, 0) is 18.2 Å². The van der Waals surface area contributed by atoms with E-state index >= 15 is 0 Å². The average molecular weight is 412 g/mol. The molecule has 10 heteroatoms. The van der Waals surface area contributed by atoms with Crippen LogP contribution < -0.4 is 9.47 Å². The van der Waals surface area contributed by atoms with E-state index in [1.54, 1.807) is 23.9 Å². The molecule has 0 N–H and O–H groups in total. The maximum Gasteiger partial charge on any atom is 0.288 e. The Labute approximate surface area is 168 Å². The van der Waals surface area contributed by atoms with E-state index in [2.05, 4.69) is 9.97 Å². The number of fused-ring (bicyclic) bond motifs is 1. The zero-order valence-corrected chi connectivity index (χ0v) is 15.8. The van der Waals surface area contributed by atoms with Gasteiger partial charge >= 0.3 is 0 Å². The number of benzene rings is 1. The van der Waals surface area contributed by atoms with E-state index in [0.29, 0.717) is 28.4 Å². The van der Waals surface area contributed by atoms with Gasteiger partial charge in [-0.15, -0.1) is 0 Å². The summed E-state index contributed by atoms with van der Waals surface area (Å²) in [5, 5.41) is 12.0. The molecule has 3 heterocycles. The topological polar surface area (TPSA) is 92.3 Å². The summed E-state index contributed by atoms with van der Waals surface area (Å²) in [6.45, 7) is 0. The van der Waals surface area contributed by atoms with Crippen molar-refractivity contribution in [2.45, 2.75) is 0 Å². The summed E-state index contributed by atoms with van der Waals surface area (Å²) in [7, 11) is 3.25. The van der Waals surface area contributed by atoms with Gasteiger partial charge in [-0.1, -0.05) is 0 Å². The third kappa shape index (κ3) is 3.28. The van der Waals surface area contributed by atoms with E-state index in [9.17, 15) is 18.9 Å². The molecule has 0 atom stereocenters. The van der Waals surface area contributed by atoms with Crippen LogP contribution in [0.4, 0.5) is 14.5 Å². The lowest BCUT2D eigenvalue weighted by molar-refractivity contribution is -0.385. The normalized spacial score (nSPS) is 10.9. The molecule has 0 radical (unpaired) electrons. The molecule has 0 amide bonds. The monoisotopic (exact) mass is 412 g/mol. The number of ether oxygens (including phenoxy) is 2. The lowest BCUT2D eigenvalue weighted by Crippen LogP contribution is -1.97. The Bertz CT molecular complexity index is 1290. The van der Waals surface area contributed by atoms with E-state index in [4.69, 9.17) is 9.47 Å². The highest BCUT2D eigenvalue weighted by Gasteiger charge is 2.21. The summed E-state index contributed by atoms with van der Waals surface area (Å²) in [5.74, 6) is -1.66. The molecule has 0 bridgehead atoms. The highest BCUT2D eigenvalue weighted by molar-refractivity contribution is 5.99. The molecule has 0 aliphatic rings. The molecule has 1 aromatic carbocycles. The third-order valence-electron chi connectivity index (χ3n) is 4.49. The smallest absolute Gasteiger partial charge is 0.288 e. The van der Waals surface area contributed by atoms with Crippen LogP contribution in [0.5, 0.6) is 17.5 Å².